The van der Waals surface area contributed by atoms with Crippen LogP contribution in [0.4, 0.5) is 4.39 Å². The Morgan fingerprint density at radius 2 is 2.00 bits per heavy atom. The number of ether oxygens (including phenoxy) is 3. The van der Waals surface area contributed by atoms with Crippen LogP contribution in [0.1, 0.15) is 12.0 Å². The topological polar surface area (TPSA) is 47.9 Å². The number of benzene rings is 1. The third-order valence-corrected chi connectivity index (χ3v) is 2.30. The van der Waals surface area contributed by atoms with Crippen LogP contribution in [-0.2, 0) is 16.1 Å². The summed E-state index contributed by atoms with van der Waals surface area (Å²) >= 11 is 0. The van der Waals surface area contributed by atoms with E-state index in [-0.39, 0.29) is 12.4 Å². The first-order chi connectivity index (χ1) is 8.77. The highest BCUT2D eigenvalue weighted by molar-refractivity contribution is 5.28. The molecule has 0 atom stereocenters. The van der Waals surface area contributed by atoms with E-state index in [0.717, 1.165) is 0 Å². The van der Waals surface area contributed by atoms with Gasteiger partial charge in [0.25, 0.3) is 0 Å². The minimum Gasteiger partial charge on any atom is -0.490 e. The number of aliphatic hydroxyl groups excluding tert-OH is 1. The number of rotatable bonds is 9. The summed E-state index contributed by atoms with van der Waals surface area (Å²) in [6.45, 7) is 1.89. The zero-order valence-electron chi connectivity index (χ0n) is 10.5. The molecule has 18 heavy (non-hydrogen) atoms. The van der Waals surface area contributed by atoms with Crippen LogP contribution >= 0.6 is 0 Å². The van der Waals surface area contributed by atoms with E-state index in [0.29, 0.717) is 38.4 Å². The Kier molecular flexibility index (Phi) is 7.32. The highest BCUT2D eigenvalue weighted by Gasteiger charge is 2.04. The van der Waals surface area contributed by atoms with Crippen LogP contribution in [-0.4, -0.2) is 38.6 Å². The molecule has 1 aromatic rings. The van der Waals surface area contributed by atoms with E-state index >= 15 is 0 Å². The molecule has 0 saturated heterocycles. The van der Waals surface area contributed by atoms with Crippen molar-refractivity contribution in [2.24, 2.45) is 0 Å². The summed E-state index contributed by atoms with van der Waals surface area (Å²) in [5, 5.41) is 8.84. The molecule has 0 bridgehead atoms. The standard InChI is InChI=1S/C13H19FO4/c1-16-7-8-17-5-2-6-18-13-4-3-11(10-15)9-12(13)14/h3-4,9,15H,2,5-8,10H2,1H3. The maximum absolute atomic E-state index is 13.4. The molecule has 1 N–H and O–H groups in total. The second-order valence-electron chi connectivity index (χ2n) is 3.73. The van der Waals surface area contributed by atoms with Crippen LogP contribution < -0.4 is 4.74 Å². The molecule has 0 radical (unpaired) electrons. The average Bonchev–Trinajstić information content (AvgIpc) is 2.39. The average molecular weight is 258 g/mol. The molecule has 5 heteroatoms. The van der Waals surface area contributed by atoms with Crippen molar-refractivity contribution in [3.63, 3.8) is 0 Å². The number of hydrogen-bond donors (Lipinski definition) is 1. The fraction of sp³-hybridized carbons (Fsp3) is 0.538. The summed E-state index contributed by atoms with van der Waals surface area (Å²) in [5.74, 6) is -0.258. The predicted octanol–water partition coefficient (Wildman–Crippen LogP) is 1.75. The van der Waals surface area contributed by atoms with Gasteiger partial charge in [-0.2, -0.15) is 0 Å². The summed E-state index contributed by atoms with van der Waals surface area (Å²) in [4.78, 5) is 0. The minimum absolute atomic E-state index is 0.176. The molecule has 0 spiro atoms. The molecule has 0 aliphatic carbocycles. The Morgan fingerprint density at radius 1 is 1.17 bits per heavy atom. The molecule has 0 amide bonds. The van der Waals surface area contributed by atoms with E-state index in [2.05, 4.69) is 0 Å². The molecule has 102 valence electrons. The second-order valence-corrected chi connectivity index (χ2v) is 3.73. The van der Waals surface area contributed by atoms with Gasteiger partial charge in [0.05, 0.1) is 26.4 Å². The van der Waals surface area contributed by atoms with Crippen molar-refractivity contribution >= 4 is 0 Å². The summed E-state index contributed by atoms with van der Waals surface area (Å²) in [6, 6.07) is 4.42. The van der Waals surface area contributed by atoms with Gasteiger partial charge >= 0.3 is 0 Å². The van der Waals surface area contributed by atoms with Crippen molar-refractivity contribution in [2.75, 3.05) is 33.5 Å². The first-order valence-corrected chi connectivity index (χ1v) is 5.86. The zero-order valence-corrected chi connectivity index (χ0v) is 10.5. The molecule has 0 heterocycles. The molecule has 0 fully saturated rings. The van der Waals surface area contributed by atoms with Crippen LogP contribution in [0, 0.1) is 5.82 Å². The number of halogens is 1. The largest absolute Gasteiger partial charge is 0.490 e. The van der Waals surface area contributed by atoms with Gasteiger partial charge in [0.2, 0.25) is 0 Å². The Bertz CT molecular complexity index is 344. The lowest BCUT2D eigenvalue weighted by molar-refractivity contribution is 0.0642. The lowest BCUT2D eigenvalue weighted by atomic mass is 10.2. The minimum atomic E-state index is -0.457. The van der Waals surface area contributed by atoms with Gasteiger partial charge in [0.1, 0.15) is 0 Å². The SMILES string of the molecule is COCCOCCCOc1ccc(CO)cc1F. The van der Waals surface area contributed by atoms with E-state index in [1.807, 2.05) is 0 Å². The Balaban J connectivity index is 2.19. The summed E-state index contributed by atoms with van der Waals surface area (Å²) in [7, 11) is 1.62. The third kappa shape index (κ3) is 5.44. The van der Waals surface area contributed by atoms with E-state index in [4.69, 9.17) is 19.3 Å². The van der Waals surface area contributed by atoms with Gasteiger partial charge in [0, 0.05) is 20.1 Å². The second kappa shape index (κ2) is 8.85. The fourth-order valence-electron chi connectivity index (χ4n) is 1.35. The highest BCUT2D eigenvalue weighted by atomic mass is 19.1. The van der Waals surface area contributed by atoms with Gasteiger partial charge in [-0.1, -0.05) is 6.07 Å². The maximum atomic E-state index is 13.4. The molecular formula is C13H19FO4. The quantitative estimate of drug-likeness (QED) is 0.685. The van der Waals surface area contributed by atoms with Crippen molar-refractivity contribution in [3.05, 3.63) is 29.6 Å². The van der Waals surface area contributed by atoms with Crippen molar-refractivity contribution in [3.8, 4) is 5.75 Å². The summed E-state index contributed by atoms with van der Waals surface area (Å²) in [6.07, 6.45) is 0.685. The van der Waals surface area contributed by atoms with Crippen LogP contribution in [0.3, 0.4) is 0 Å². The molecule has 1 aromatic carbocycles. The van der Waals surface area contributed by atoms with E-state index < -0.39 is 5.82 Å². The highest BCUT2D eigenvalue weighted by Crippen LogP contribution is 2.18. The van der Waals surface area contributed by atoms with E-state index in [9.17, 15) is 4.39 Å². The maximum Gasteiger partial charge on any atom is 0.165 e. The molecular weight excluding hydrogens is 239 g/mol. The van der Waals surface area contributed by atoms with Gasteiger partial charge in [-0.05, 0) is 17.7 Å². The predicted molar refractivity (Wildman–Crippen MR) is 65.1 cm³/mol. The number of aliphatic hydroxyl groups is 1. The van der Waals surface area contributed by atoms with Crippen molar-refractivity contribution in [2.45, 2.75) is 13.0 Å². The monoisotopic (exact) mass is 258 g/mol. The molecule has 0 aliphatic rings. The van der Waals surface area contributed by atoms with Gasteiger partial charge in [-0.3, -0.25) is 0 Å². The molecule has 0 aliphatic heterocycles. The van der Waals surface area contributed by atoms with Crippen LogP contribution in [0.5, 0.6) is 5.75 Å². The van der Waals surface area contributed by atoms with Gasteiger partial charge in [-0.25, -0.2) is 4.39 Å². The fourth-order valence-corrected chi connectivity index (χ4v) is 1.35. The Morgan fingerprint density at radius 3 is 2.67 bits per heavy atom. The molecule has 0 saturated carbocycles. The summed E-state index contributed by atoms with van der Waals surface area (Å²) in [5.41, 5.74) is 0.530. The van der Waals surface area contributed by atoms with E-state index in [1.54, 1.807) is 13.2 Å². The van der Waals surface area contributed by atoms with Gasteiger partial charge < -0.3 is 19.3 Å². The van der Waals surface area contributed by atoms with Crippen LogP contribution in [0.15, 0.2) is 18.2 Å². The molecule has 0 unspecified atom stereocenters. The van der Waals surface area contributed by atoms with Crippen molar-refractivity contribution in [1.29, 1.82) is 0 Å². The van der Waals surface area contributed by atoms with Crippen molar-refractivity contribution in [1.82, 2.24) is 0 Å². The lowest BCUT2D eigenvalue weighted by Crippen LogP contribution is -2.07. The molecule has 1 rings (SSSR count). The van der Waals surface area contributed by atoms with Gasteiger partial charge in [0.15, 0.2) is 11.6 Å². The van der Waals surface area contributed by atoms with Crippen LogP contribution in [0.2, 0.25) is 0 Å². The van der Waals surface area contributed by atoms with Crippen molar-refractivity contribution < 1.29 is 23.7 Å². The number of hydrogen-bond acceptors (Lipinski definition) is 4. The molecule has 0 aromatic heterocycles. The third-order valence-electron chi connectivity index (χ3n) is 2.30. The molecule has 4 nitrogen and oxygen atoms in total. The smallest absolute Gasteiger partial charge is 0.165 e. The Hall–Kier alpha value is -1.17. The van der Waals surface area contributed by atoms with Crippen LogP contribution in [0.25, 0.3) is 0 Å². The summed E-state index contributed by atoms with van der Waals surface area (Å²) < 4.78 is 28.8. The Labute approximate surface area is 106 Å². The number of methoxy groups -OCH3 is 1. The lowest BCUT2D eigenvalue weighted by Gasteiger charge is -2.08. The first kappa shape index (κ1) is 14.9. The van der Waals surface area contributed by atoms with Gasteiger partial charge in [-0.15, -0.1) is 0 Å². The zero-order chi connectivity index (χ0) is 13.2. The first-order valence-electron chi connectivity index (χ1n) is 5.86. The van der Waals surface area contributed by atoms with E-state index in [1.165, 1.54) is 12.1 Å². The normalized spacial score (nSPS) is 10.6.